The van der Waals surface area contributed by atoms with Gasteiger partial charge in [0.25, 0.3) is 5.54 Å². The highest BCUT2D eigenvalue weighted by molar-refractivity contribution is 5.23. The van der Waals surface area contributed by atoms with Crippen molar-refractivity contribution >= 4 is 0 Å². The molecule has 0 radical (unpaired) electrons. The van der Waals surface area contributed by atoms with Crippen LogP contribution in [-0.2, 0) is 5.54 Å². The summed E-state index contributed by atoms with van der Waals surface area (Å²) < 4.78 is 4.98. The Balaban J connectivity index is 3.10. The van der Waals surface area contributed by atoms with Crippen molar-refractivity contribution in [2.45, 2.75) is 19.4 Å². The van der Waals surface area contributed by atoms with Crippen LogP contribution in [0.1, 0.15) is 19.5 Å². The van der Waals surface area contributed by atoms with Crippen molar-refractivity contribution in [1.82, 2.24) is 4.98 Å². The highest BCUT2D eigenvalue weighted by Gasteiger charge is 2.27. The molecule has 1 aromatic heterocycles. The Morgan fingerprint density at radius 1 is 1.46 bits per heavy atom. The van der Waals surface area contributed by atoms with E-state index >= 15 is 0 Å². The zero-order valence-corrected chi connectivity index (χ0v) is 8.03. The lowest BCUT2D eigenvalue weighted by atomic mass is 10.0. The van der Waals surface area contributed by atoms with Crippen LogP contribution in [0.15, 0.2) is 18.2 Å². The van der Waals surface area contributed by atoms with E-state index in [1.807, 2.05) is 26.0 Å². The second-order valence-electron chi connectivity index (χ2n) is 3.24. The van der Waals surface area contributed by atoms with E-state index in [-0.39, 0.29) is 0 Å². The van der Waals surface area contributed by atoms with E-state index in [0.29, 0.717) is 5.88 Å². The molecule has 0 bridgehead atoms. The summed E-state index contributed by atoms with van der Waals surface area (Å²) in [5.74, 6) is 0.550. The number of pyridine rings is 1. The molecule has 13 heavy (non-hydrogen) atoms. The minimum atomic E-state index is -0.575. The number of methoxy groups -OCH3 is 1. The Morgan fingerprint density at radius 2 is 2.15 bits per heavy atom. The lowest BCUT2D eigenvalue weighted by molar-refractivity contribution is 0.393. The van der Waals surface area contributed by atoms with E-state index in [4.69, 9.17) is 11.3 Å². The van der Waals surface area contributed by atoms with Crippen LogP contribution >= 0.6 is 0 Å². The average molecular weight is 176 g/mol. The molecule has 0 aliphatic heterocycles. The van der Waals surface area contributed by atoms with Crippen molar-refractivity contribution in [3.05, 3.63) is 35.3 Å². The van der Waals surface area contributed by atoms with Gasteiger partial charge in [-0.05, 0) is 6.07 Å². The van der Waals surface area contributed by atoms with Crippen LogP contribution < -0.4 is 4.74 Å². The summed E-state index contributed by atoms with van der Waals surface area (Å²) >= 11 is 0. The largest absolute Gasteiger partial charge is 0.481 e. The first-order valence-electron chi connectivity index (χ1n) is 4.00. The molecule has 0 aliphatic rings. The molecule has 0 saturated heterocycles. The molecular formula is C10H12N2O. The van der Waals surface area contributed by atoms with Crippen LogP contribution in [0.2, 0.25) is 0 Å². The van der Waals surface area contributed by atoms with Crippen LogP contribution in [-0.4, -0.2) is 12.1 Å². The summed E-state index contributed by atoms with van der Waals surface area (Å²) in [4.78, 5) is 7.70. The van der Waals surface area contributed by atoms with Gasteiger partial charge in [-0.25, -0.2) is 11.6 Å². The van der Waals surface area contributed by atoms with Crippen molar-refractivity contribution in [2.24, 2.45) is 0 Å². The molecule has 0 aliphatic carbocycles. The number of rotatable bonds is 2. The maximum atomic E-state index is 7.01. The molecule has 0 N–H and O–H groups in total. The second kappa shape index (κ2) is 3.44. The van der Waals surface area contributed by atoms with Crippen LogP contribution in [0.3, 0.4) is 0 Å². The standard InChI is InChI=1S/C10H12N2O/c1-10(2,11-3)8-6-5-7-9(12-8)13-4/h5-7H,1-2,4H3. The molecule has 0 spiro atoms. The van der Waals surface area contributed by atoms with Crippen LogP contribution in [0.25, 0.3) is 4.85 Å². The van der Waals surface area contributed by atoms with Gasteiger partial charge >= 0.3 is 0 Å². The van der Waals surface area contributed by atoms with Gasteiger partial charge in [-0.3, -0.25) is 0 Å². The lowest BCUT2D eigenvalue weighted by Crippen LogP contribution is -2.13. The predicted octanol–water partition coefficient (Wildman–Crippen LogP) is 2.24. The summed E-state index contributed by atoms with van der Waals surface area (Å²) in [6.45, 7) is 10.7. The van der Waals surface area contributed by atoms with E-state index in [1.54, 1.807) is 13.2 Å². The van der Waals surface area contributed by atoms with E-state index in [0.717, 1.165) is 5.69 Å². The molecule has 0 fully saturated rings. The molecule has 1 rings (SSSR count). The van der Waals surface area contributed by atoms with Crippen molar-refractivity contribution in [3.8, 4) is 5.88 Å². The Labute approximate surface area is 78.2 Å². The molecule has 0 aromatic carbocycles. The fraction of sp³-hybridized carbons (Fsp3) is 0.400. The van der Waals surface area contributed by atoms with Crippen molar-refractivity contribution < 1.29 is 4.74 Å². The zero-order valence-electron chi connectivity index (χ0n) is 8.03. The molecular weight excluding hydrogens is 164 g/mol. The zero-order chi connectivity index (χ0) is 9.90. The number of hydrogen-bond donors (Lipinski definition) is 0. The Hall–Kier alpha value is -1.56. The van der Waals surface area contributed by atoms with Gasteiger partial charge in [0, 0.05) is 19.9 Å². The minimum absolute atomic E-state index is 0.550. The van der Waals surface area contributed by atoms with Gasteiger partial charge in [-0.15, -0.1) is 0 Å². The fourth-order valence-corrected chi connectivity index (χ4v) is 0.927. The number of aromatic nitrogens is 1. The SMILES string of the molecule is [C-]#[N+]C(C)(C)c1cccc(OC)n1. The summed E-state index contributed by atoms with van der Waals surface area (Å²) in [5.41, 5.74) is 0.163. The Bertz CT molecular complexity index is 339. The molecule has 68 valence electrons. The molecule has 1 aromatic rings. The third kappa shape index (κ3) is 1.97. The Kier molecular flexibility index (Phi) is 2.52. The average Bonchev–Trinajstić information content (AvgIpc) is 2.18. The maximum absolute atomic E-state index is 7.01. The van der Waals surface area contributed by atoms with E-state index < -0.39 is 5.54 Å². The summed E-state index contributed by atoms with van der Waals surface area (Å²) in [7, 11) is 1.57. The molecule has 3 heteroatoms. The van der Waals surface area contributed by atoms with Gasteiger partial charge in [0.1, 0.15) is 5.69 Å². The normalized spacial score (nSPS) is 10.6. The Morgan fingerprint density at radius 3 is 2.69 bits per heavy atom. The topological polar surface area (TPSA) is 26.5 Å². The van der Waals surface area contributed by atoms with Crippen LogP contribution in [0.5, 0.6) is 5.88 Å². The van der Waals surface area contributed by atoms with Gasteiger partial charge in [0.15, 0.2) is 0 Å². The second-order valence-corrected chi connectivity index (χ2v) is 3.24. The lowest BCUT2D eigenvalue weighted by Gasteiger charge is -2.10. The molecule has 0 saturated carbocycles. The van der Waals surface area contributed by atoms with Gasteiger partial charge in [-0.1, -0.05) is 6.07 Å². The smallest absolute Gasteiger partial charge is 0.268 e. The van der Waals surface area contributed by atoms with Crippen molar-refractivity contribution in [3.63, 3.8) is 0 Å². The predicted molar refractivity (Wildman–Crippen MR) is 50.4 cm³/mol. The first-order valence-corrected chi connectivity index (χ1v) is 4.00. The summed E-state index contributed by atoms with van der Waals surface area (Å²) in [6, 6.07) is 5.44. The monoisotopic (exact) mass is 176 g/mol. The number of hydrogen-bond acceptors (Lipinski definition) is 2. The van der Waals surface area contributed by atoms with Gasteiger partial charge < -0.3 is 9.58 Å². The molecule has 0 atom stereocenters. The van der Waals surface area contributed by atoms with E-state index in [2.05, 4.69) is 9.83 Å². The molecule has 0 amide bonds. The molecule has 3 nitrogen and oxygen atoms in total. The van der Waals surface area contributed by atoms with Crippen LogP contribution in [0.4, 0.5) is 0 Å². The summed E-state index contributed by atoms with van der Waals surface area (Å²) in [6.07, 6.45) is 0. The molecule has 0 unspecified atom stereocenters. The van der Waals surface area contributed by atoms with Gasteiger partial charge in [-0.2, -0.15) is 0 Å². The highest BCUT2D eigenvalue weighted by Crippen LogP contribution is 2.23. The van der Waals surface area contributed by atoms with Crippen LogP contribution in [0, 0.1) is 6.57 Å². The van der Waals surface area contributed by atoms with E-state index in [9.17, 15) is 0 Å². The van der Waals surface area contributed by atoms with Crippen molar-refractivity contribution in [2.75, 3.05) is 7.11 Å². The highest BCUT2D eigenvalue weighted by atomic mass is 16.5. The number of nitrogens with zero attached hydrogens (tertiary/aromatic N) is 2. The fourth-order valence-electron chi connectivity index (χ4n) is 0.927. The van der Waals surface area contributed by atoms with E-state index in [1.165, 1.54) is 0 Å². The maximum Gasteiger partial charge on any atom is 0.268 e. The number of ether oxygens (including phenoxy) is 1. The summed E-state index contributed by atoms with van der Waals surface area (Å²) in [5, 5.41) is 0. The van der Waals surface area contributed by atoms with Crippen molar-refractivity contribution in [1.29, 1.82) is 0 Å². The third-order valence-electron chi connectivity index (χ3n) is 1.84. The third-order valence-corrected chi connectivity index (χ3v) is 1.84. The van der Waals surface area contributed by atoms with Gasteiger partial charge in [0.05, 0.1) is 7.11 Å². The molecule has 1 heterocycles. The quantitative estimate of drug-likeness (QED) is 0.646. The first kappa shape index (κ1) is 9.53. The van der Waals surface area contributed by atoms with Gasteiger partial charge in [0.2, 0.25) is 5.88 Å². The first-order chi connectivity index (χ1) is 6.10. The minimum Gasteiger partial charge on any atom is -0.481 e.